The molecule has 0 aliphatic heterocycles. The Morgan fingerprint density at radius 1 is 1.26 bits per heavy atom. The van der Waals surface area contributed by atoms with Crippen molar-refractivity contribution in [3.05, 3.63) is 18.3 Å². The zero-order valence-electron chi connectivity index (χ0n) is 11.8. The summed E-state index contributed by atoms with van der Waals surface area (Å²) < 4.78 is 0. The minimum absolute atomic E-state index is 0.529. The number of aliphatic hydroxyl groups is 1. The molecule has 106 valence electrons. The Bertz CT molecular complexity index is 389. The van der Waals surface area contributed by atoms with Crippen molar-refractivity contribution in [3.63, 3.8) is 0 Å². The van der Waals surface area contributed by atoms with Crippen LogP contribution in [-0.4, -0.2) is 28.8 Å². The molecule has 0 saturated heterocycles. The van der Waals surface area contributed by atoms with Crippen LogP contribution < -0.4 is 10.6 Å². The lowest BCUT2D eigenvalue weighted by molar-refractivity contribution is 0.0167. The predicted octanol–water partition coefficient (Wildman–Crippen LogP) is 3.01. The van der Waals surface area contributed by atoms with Crippen LogP contribution >= 0.6 is 0 Å². The molecule has 0 aromatic carbocycles. The second-order valence-electron chi connectivity index (χ2n) is 5.50. The molecule has 0 radical (unpaired) electrons. The van der Waals surface area contributed by atoms with Gasteiger partial charge in [-0.15, -0.1) is 0 Å². The molecule has 1 aliphatic rings. The zero-order chi connectivity index (χ0) is 13.6. The molecule has 2 rings (SSSR count). The molecule has 1 aliphatic carbocycles. The van der Waals surface area contributed by atoms with Gasteiger partial charge in [-0.05, 0) is 25.3 Å². The van der Waals surface area contributed by atoms with E-state index in [1.165, 1.54) is 6.42 Å². The van der Waals surface area contributed by atoms with E-state index < -0.39 is 5.60 Å². The van der Waals surface area contributed by atoms with Gasteiger partial charge in [0.2, 0.25) is 0 Å². The van der Waals surface area contributed by atoms with Crippen LogP contribution in [0.4, 0.5) is 11.5 Å². The van der Waals surface area contributed by atoms with E-state index in [2.05, 4.69) is 22.5 Å². The standard InChI is InChI=1S/C15H25N3O/c1-2-9-16-14-11-13(6-10-17-14)18-12-15(19)7-4-3-5-8-15/h6,10-11,19H,2-5,7-9,12H2,1H3,(H2,16,17,18). The molecule has 1 fully saturated rings. The van der Waals surface area contributed by atoms with Crippen LogP contribution in [0.1, 0.15) is 45.4 Å². The van der Waals surface area contributed by atoms with Gasteiger partial charge < -0.3 is 15.7 Å². The highest BCUT2D eigenvalue weighted by Gasteiger charge is 2.28. The molecule has 19 heavy (non-hydrogen) atoms. The molecular formula is C15H25N3O. The van der Waals surface area contributed by atoms with E-state index in [4.69, 9.17) is 0 Å². The van der Waals surface area contributed by atoms with Crippen LogP contribution in [0, 0.1) is 0 Å². The van der Waals surface area contributed by atoms with E-state index in [-0.39, 0.29) is 0 Å². The Hall–Kier alpha value is -1.29. The normalized spacial score (nSPS) is 18.0. The molecule has 4 heteroatoms. The molecule has 1 saturated carbocycles. The average molecular weight is 263 g/mol. The highest BCUT2D eigenvalue weighted by atomic mass is 16.3. The summed E-state index contributed by atoms with van der Waals surface area (Å²) in [6.07, 6.45) is 8.22. The number of rotatable bonds is 6. The summed E-state index contributed by atoms with van der Waals surface area (Å²) in [7, 11) is 0. The van der Waals surface area contributed by atoms with Crippen molar-refractivity contribution in [2.24, 2.45) is 0 Å². The highest BCUT2D eigenvalue weighted by Crippen LogP contribution is 2.28. The summed E-state index contributed by atoms with van der Waals surface area (Å²) in [4.78, 5) is 4.28. The van der Waals surface area contributed by atoms with E-state index in [0.29, 0.717) is 6.54 Å². The Morgan fingerprint density at radius 3 is 2.79 bits per heavy atom. The monoisotopic (exact) mass is 263 g/mol. The second kappa shape index (κ2) is 6.75. The van der Waals surface area contributed by atoms with Crippen LogP contribution in [0.3, 0.4) is 0 Å². The minimum Gasteiger partial charge on any atom is -0.388 e. The van der Waals surface area contributed by atoms with Crippen molar-refractivity contribution >= 4 is 11.5 Å². The molecule has 0 amide bonds. The third kappa shape index (κ3) is 4.39. The maximum absolute atomic E-state index is 10.4. The van der Waals surface area contributed by atoms with Gasteiger partial charge in [-0.25, -0.2) is 4.98 Å². The Kier molecular flexibility index (Phi) is 5.02. The molecule has 0 spiro atoms. The van der Waals surface area contributed by atoms with Crippen molar-refractivity contribution in [1.29, 1.82) is 0 Å². The fourth-order valence-electron chi connectivity index (χ4n) is 2.54. The number of hydrogen-bond acceptors (Lipinski definition) is 4. The number of pyridine rings is 1. The van der Waals surface area contributed by atoms with Crippen molar-refractivity contribution in [2.75, 3.05) is 23.7 Å². The van der Waals surface area contributed by atoms with Crippen molar-refractivity contribution < 1.29 is 5.11 Å². The van der Waals surface area contributed by atoms with Crippen LogP contribution in [0.5, 0.6) is 0 Å². The topological polar surface area (TPSA) is 57.2 Å². The summed E-state index contributed by atoms with van der Waals surface area (Å²) in [5.41, 5.74) is 0.492. The van der Waals surface area contributed by atoms with Gasteiger partial charge in [-0.3, -0.25) is 0 Å². The van der Waals surface area contributed by atoms with Gasteiger partial charge in [0.05, 0.1) is 5.60 Å². The van der Waals surface area contributed by atoms with E-state index in [9.17, 15) is 5.11 Å². The molecule has 0 bridgehead atoms. The molecule has 0 unspecified atom stereocenters. The molecule has 4 nitrogen and oxygen atoms in total. The summed E-state index contributed by atoms with van der Waals surface area (Å²) in [5, 5.41) is 17.1. The SMILES string of the molecule is CCCNc1cc(NCC2(O)CCCCC2)ccn1. The van der Waals surface area contributed by atoms with Gasteiger partial charge in [0.25, 0.3) is 0 Å². The number of nitrogens with zero attached hydrogens (tertiary/aromatic N) is 1. The summed E-state index contributed by atoms with van der Waals surface area (Å²) in [5.74, 6) is 0.891. The van der Waals surface area contributed by atoms with Gasteiger partial charge in [-0.1, -0.05) is 26.2 Å². The van der Waals surface area contributed by atoms with E-state index in [1.807, 2.05) is 12.1 Å². The van der Waals surface area contributed by atoms with Crippen molar-refractivity contribution in [1.82, 2.24) is 4.98 Å². The number of hydrogen-bond donors (Lipinski definition) is 3. The van der Waals surface area contributed by atoms with Crippen molar-refractivity contribution in [3.8, 4) is 0 Å². The summed E-state index contributed by atoms with van der Waals surface area (Å²) in [6.45, 7) is 3.69. The number of anilines is 2. The molecular weight excluding hydrogens is 238 g/mol. The third-order valence-corrected chi connectivity index (χ3v) is 3.72. The first-order chi connectivity index (χ1) is 9.22. The first-order valence-corrected chi connectivity index (χ1v) is 7.38. The maximum atomic E-state index is 10.4. The highest BCUT2D eigenvalue weighted by molar-refractivity contribution is 5.52. The van der Waals surface area contributed by atoms with Gasteiger partial charge in [-0.2, -0.15) is 0 Å². The molecule has 1 aromatic heterocycles. The summed E-state index contributed by atoms with van der Waals surface area (Å²) in [6, 6.07) is 3.95. The molecule has 3 N–H and O–H groups in total. The third-order valence-electron chi connectivity index (χ3n) is 3.72. The van der Waals surface area contributed by atoms with Crippen LogP contribution in [0.2, 0.25) is 0 Å². The predicted molar refractivity (Wildman–Crippen MR) is 79.5 cm³/mol. The van der Waals surface area contributed by atoms with E-state index in [1.54, 1.807) is 6.20 Å². The quantitative estimate of drug-likeness (QED) is 0.738. The van der Waals surface area contributed by atoms with Crippen LogP contribution in [-0.2, 0) is 0 Å². The lowest BCUT2D eigenvalue weighted by Crippen LogP contribution is -2.38. The van der Waals surface area contributed by atoms with Crippen molar-refractivity contribution in [2.45, 2.75) is 51.0 Å². The first-order valence-electron chi connectivity index (χ1n) is 7.38. The minimum atomic E-state index is -0.529. The van der Waals surface area contributed by atoms with Crippen LogP contribution in [0.15, 0.2) is 18.3 Å². The average Bonchev–Trinajstić information content (AvgIpc) is 2.44. The maximum Gasteiger partial charge on any atom is 0.127 e. The van der Waals surface area contributed by atoms with Crippen LogP contribution in [0.25, 0.3) is 0 Å². The van der Waals surface area contributed by atoms with E-state index >= 15 is 0 Å². The Balaban J connectivity index is 1.88. The first kappa shape index (κ1) is 14.1. The van der Waals surface area contributed by atoms with Gasteiger partial charge in [0, 0.05) is 31.0 Å². The second-order valence-corrected chi connectivity index (χ2v) is 5.50. The van der Waals surface area contributed by atoms with Gasteiger partial charge >= 0.3 is 0 Å². The van der Waals surface area contributed by atoms with Gasteiger partial charge in [0.1, 0.15) is 5.82 Å². The molecule has 1 heterocycles. The number of nitrogens with one attached hydrogen (secondary N) is 2. The lowest BCUT2D eigenvalue weighted by atomic mass is 9.85. The summed E-state index contributed by atoms with van der Waals surface area (Å²) >= 11 is 0. The molecule has 0 atom stereocenters. The smallest absolute Gasteiger partial charge is 0.127 e. The Morgan fingerprint density at radius 2 is 2.05 bits per heavy atom. The fraction of sp³-hybridized carbons (Fsp3) is 0.667. The van der Waals surface area contributed by atoms with E-state index in [0.717, 1.165) is 50.2 Å². The number of aromatic nitrogens is 1. The fourth-order valence-corrected chi connectivity index (χ4v) is 2.54. The lowest BCUT2D eigenvalue weighted by Gasteiger charge is -2.32. The zero-order valence-corrected chi connectivity index (χ0v) is 11.8. The molecule has 1 aromatic rings. The van der Waals surface area contributed by atoms with Gasteiger partial charge in [0.15, 0.2) is 0 Å². The largest absolute Gasteiger partial charge is 0.388 e. The Labute approximate surface area is 115 Å².